The highest BCUT2D eigenvalue weighted by Gasteiger charge is 2.22. The molecular weight excluding hydrogens is 248 g/mol. The molecule has 0 heterocycles. The largest absolute Gasteiger partial charge is 0.271 e. The van der Waals surface area contributed by atoms with Gasteiger partial charge in [-0.1, -0.05) is 19.9 Å². The standard InChI is InChI=1S/C11H13F2NO2S/c1-6(2)7-4-5-8(12)10(13)9(7)11(15)14-17(3)16/h4-6H,1-3H3,(H,14,15). The molecule has 0 radical (unpaired) electrons. The van der Waals surface area contributed by atoms with Gasteiger partial charge in [0, 0.05) is 6.26 Å². The third-order valence-electron chi connectivity index (χ3n) is 2.21. The van der Waals surface area contributed by atoms with E-state index in [0.29, 0.717) is 5.56 Å². The van der Waals surface area contributed by atoms with Gasteiger partial charge in [-0.05, 0) is 17.5 Å². The lowest BCUT2D eigenvalue weighted by Gasteiger charge is -2.13. The summed E-state index contributed by atoms with van der Waals surface area (Å²) in [7, 11) is -1.62. The molecule has 1 amide bonds. The second-order valence-corrected chi connectivity index (χ2v) is 4.98. The number of hydrogen-bond acceptors (Lipinski definition) is 2. The molecule has 94 valence electrons. The second kappa shape index (κ2) is 5.35. The number of rotatable bonds is 3. The van der Waals surface area contributed by atoms with Crippen LogP contribution in [0.5, 0.6) is 0 Å². The molecule has 0 bridgehead atoms. The van der Waals surface area contributed by atoms with E-state index in [1.54, 1.807) is 13.8 Å². The van der Waals surface area contributed by atoms with E-state index in [2.05, 4.69) is 0 Å². The highest BCUT2D eigenvalue weighted by atomic mass is 32.2. The summed E-state index contributed by atoms with van der Waals surface area (Å²) < 4.78 is 39.6. The van der Waals surface area contributed by atoms with E-state index in [1.165, 1.54) is 12.3 Å². The minimum absolute atomic E-state index is 0.142. The van der Waals surface area contributed by atoms with Gasteiger partial charge in [0.05, 0.1) is 5.56 Å². The van der Waals surface area contributed by atoms with Crippen LogP contribution in [0.2, 0.25) is 0 Å². The minimum atomic E-state index is -1.62. The highest BCUT2D eigenvalue weighted by molar-refractivity contribution is 7.82. The lowest BCUT2D eigenvalue weighted by Crippen LogP contribution is -2.27. The number of carbonyl (C=O) groups excluding carboxylic acids is 1. The maximum Gasteiger partial charge on any atom is 0.266 e. The van der Waals surface area contributed by atoms with E-state index in [1.807, 2.05) is 4.72 Å². The fourth-order valence-corrected chi connectivity index (χ4v) is 1.82. The maximum absolute atomic E-state index is 13.6. The van der Waals surface area contributed by atoms with E-state index in [-0.39, 0.29) is 11.5 Å². The quantitative estimate of drug-likeness (QED) is 0.905. The van der Waals surface area contributed by atoms with E-state index in [0.717, 1.165) is 6.07 Å². The number of halogens is 2. The summed E-state index contributed by atoms with van der Waals surface area (Å²) in [6.45, 7) is 3.51. The SMILES string of the molecule is CC(C)c1ccc(F)c(F)c1C(=O)NS(C)=O. The molecule has 1 aromatic rings. The number of nitrogens with one attached hydrogen (secondary N) is 1. The summed E-state index contributed by atoms with van der Waals surface area (Å²) >= 11 is 0. The molecular formula is C11H13F2NO2S. The van der Waals surface area contributed by atoms with Gasteiger partial charge in [0.1, 0.15) is 11.0 Å². The summed E-state index contributed by atoms with van der Waals surface area (Å²) in [4.78, 5) is 11.6. The first kappa shape index (κ1) is 13.8. The first-order chi connectivity index (χ1) is 7.84. The number of carbonyl (C=O) groups is 1. The first-order valence-corrected chi connectivity index (χ1v) is 6.52. The zero-order valence-corrected chi connectivity index (χ0v) is 10.5. The Morgan fingerprint density at radius 3 is 2.41 bits per heavy atom. The molecule has 1 rings (SSSR count). The average molecular weight is 261 g/mol. The molecule has 6 heteroatoms. The van der Waals surface area contributed by atoms with Crippen molar-refractivity contribution in [3.05, 3.63) is 34.9 Å². The van der Waals surface area contributed by atoms with Gasteiger partial charge in [0.25, 0.3) is 5.91 Å². The van der Waals surface area contributed by atoms with Gasteiger partial charge in [-0.2, -0.15) is 0 Å². The Kier molecular flexibility index (Phi) is 4.34. The highest BCUT2D eigenvalue weighted by Crippen LogP contribution is 2.23. The molecule has 0 aliphatic carbocycles. The van der Waals surface area contributed by atoms with Crippen LogP contribution in [-0.4, -0.2) is 16.4 Å². The van der Waals surface area contributed by atoms with Gasteiger partial charge in [0.15, 0.2) is 11.6 Å². The number of benzene rings is 1. The molecule has 0 saturated carbocycles. The molecule has 1 unspecified atom stereocenters. The number of hydrogen-bond donors (Lipinski definition) is 1. The molecule has 0 saturated heterocycles. The summed E-state index contributed by atoms with van der Waals surface area (Å²) in [5.41, 5.74) is 0.00190. The average Bonchev–Trinajstić information content (AvgIpc) is 2.20. The lowest BCUT2D eigenvalue weighted by molar-refractivity contribution is 0.0976. The molecule has 1 aromatic carbocycles. The van der Waals surface area contributed by atoms with E-state index in [9.17, 15) is 17.8 Å². The van der Waals surface area contributed by atoms with Crippen LogP contribution in [0.25, 0.3) is 0 Å². The topological polar surface area (TPSA) is 46.2 Å². The van der Waals surface area contributed by atoms with Crippen molar-refractivity contribution in [1.82, 2.24) is 4.72 Å². The summed E-state index contributed by atoms with van der Waals surface area (Å²) in [5.74, 6) is -3.32. The Morgan fingerprint density at radius 2 is 1.94 bits per heavy atom. The molecule has 3 nitrogen and oxygen atoms in total. The predicted molar refractivity (Wildman–Crippen MR) is 62.0 cm³/mol. The van der Waals surface area contributed by atoms with Crippen molar-refractivity contribution in [3.63, 3.8) is 0 Å². The van der Waals surface area contributed by atoms with Crippen molar-refractivity contribution in [2.45, 2.75) is 19.8 Å². The minimum Gasteiger partial charge on any atom is -0.271 e. The van der Waals surface area contributed by atoms with Gasteiger partial charge in [-0.15, -0.1) is 0 Å². The summed E-state index contributed by atoms with van der Waals surface area (Å²) in [5, 5.41) is 0. The normalized spacial score (nSPS) is 12.6. The molecule has 1 N–H and O–H groups in total. The Bertz CT molecular complexity index is 475. The summed E-state index contributed by atoms with van der Waals surface area (Å²) in [6.07, 6.45) is 1.24. The Labute approximate surface area is 101 Å². The first-order valence-electron chi connectivity index (χ1n) is 4.97. The zero-order chi connectivity index (χ0) is 13.2. The smallest absolute Gasteiger partial charge is 0.266 e. The fourth-order valence-electron chi connectivity index (χ4n) is 1.46. The molecule has 0 aliphatic rings. The van der Waals surface area contributed by atoms with Crippen LogP contribution in [0, 0.1) is 11.6 Å². The van der Waals surface area contributed by atoms with Crippen LogP contribution in [-0.2, 0) is 11.0 Å². The van der Waals surface area contributed by atoms with Gasteiger partial charge in [-0.3, -0.25) is 9.52 Å². The van der Waals surface area contributed by atoms with Crippen molar-refractivity contribution in [2.75, 3.05) is 6.26 Å². The lowest BCUT2D eigenvalue weighted by atomic mass is 9.96. The molecule has 0 spiro atoms. The molecule has 0 fully saturated rings. The molecule has 17 heavy (non-hydrogen) atoms. The third kappa shape index (κ3) is 3.09. The van der Waals surface area contributed by atoms with Crippen LogP contribution in [0.15, 0.2) is 12.1 Å². The fraction of sp³-hybridized carbons (Fsp3) is 0.364. The Balaban J connectivity index is 3.32. The van der Waals surface area contributed by atoms with E-state index >= 15 is 0 Å². The maximum atomic E-state index is 13.6. The van der Waals surface area contributed by atoms with Crippen LogP contribution in [0.3, 0.4) is 0 Å². The Hall–Kier alpha value is -1.30. The summed E-state index contributed by atoms with van der Waals surface area (Å²) in [6, 6.07) is 2.33. The van der Waals surface area contributed by atoms with Crippen molar-refractivity contribution in [1.29, 1.82) is 0 Å². The van der Waals surface area contributed by atoms with E-state index in [4.69, 9.17) is 0 Å². The van der Waals surface area contributed by atoms with Crippen LogP contribution < -0.4 is 4.72 Å². The van der Waals surface area contributed by atoms with E-state index < -0.39 is 28.5 Å². The monoisotopic (exact) mass is 261 g/mol. The molecule has 1 atom stereocenters. The van der Waals surface area contributed by atoms with Crippen molar-refractivity contribution in [3.8, 4) is 0 Å². The Morgan fingerprint density at radius 1 is 1.35 bits per heavy atom. The van der Waals surface area contributed by atoms with Crippen molar-refractivity contribution in [2.24, 2.45) is 0 Å². The predicted octanol–water partition coefficient (Wildman–Crippen LogP) is 2.11. The van der Waals surface area contributed by atoms with Crippen LogP contribution in [0.1, 0.15) is 35.7 Å². The van der Waals surface area contributed by atoms with Gasteiger partial charge >= 0.3 is 0 Å². The molecule has 0 aromatic heterocycles. The number of amides is 1. The zero-order valence-electron chi connectivity index (χ0n) is 9.71. The second-order valence-electron chi connectivity index (χ2n) is 3.87. The van der Waals surface area contributed by atoms with Crippen LogP contribution >= 0.6 is 0 Å². The van der Waals surface area contributed by atoms with Gasteiger partial charge in [0.2, 0.25) is 0 Å². The molecule has 0 aliphatic heterocycles. The van der Waals surface area contributed by atoms with Crippen molar-refractivity contribution < 1.29 is 17.8 Å². The van der Waals surface area contributed by atoms with Crippen molar-refractivity contribution >= 4 is 16.9 Å². The van der Waals surface area contributed by atoms with Gasteiger partial charge < -0.3 is 0 Å². The third-order valence-corrected chi connectivity index (χ3v) is 2.69. The van der Waals surface area contributed by atoms with Crippen LogP contribution in [0.4, 0.5) is 8.78 Å². The van der Waals surface area contributed by atoms with Gasteiger partial charge in [-0.25, -0.2) is 13.0 Å².